The number of likely N-dealkylation sites (tertiary alicyclic amines) is 1. The van der Waals surface area contributed by atoms with Gasteiger partial charge >= 0.3 is 6.09 Å². The molecule has 4 nitrogen and oxygen atoms in total. The van der Waals surface area contributed by atoms with Crippen LogP contribution in [0.4, 0.5) is 4.79 Å². The minimum atomic E-state index is -0.162. The van der Waals surface area contributed by atoms with E-state index in [1.165, 1.54) is 0 Å². The first-order valence-corrected chi connectivity index (χ1v) is 6.28. The fourth-order valence-corrected chi connectivity index (χ4v) is 1.88. The van der Waals surface area contributed by atoms with Gasteiger partial charge in [0.25, 0.3) is 0 Å². The van der Waals surface area contributed by atoms with Crippen molar-refractivity contribution in [3.63, 3.8) is 0 Å². The maximum absolute atomic E-state index is 11.5. The van der Waals surface area contributed by atoms with E-state index < -0.39 is 0 Å². The predicted octanol–water partition coefficient (Wildman–Crippen LogP) is 1.85. The third-order valence-electron chi connectivity index (χ3n) is 2.84. The molecule has 0 spiro atoms. The lowest BCUT2D eigenvalue weighted by atomic mass is 10.0. The van der Waals surface area contributed by atoms with Gasteiger partial charge < -0.3 is 15.0 Å². The van der Waals surface area contributed by atoms with Crippen LogP contribution in [0, 0.1) is 5.92 Å². The summed E-state index contributed by atoms with van der Waals surface area (Å²) in [6, 6.07) is 0.563. The van der Waals surface area contributed by atoms with Gasteiger partial charge in [-0.05, 0) is 32.2 Å². The van der Waals surface area contributed by atoms with E-state index in [4.69, 9.17) is 4.74 Å². The maximum Gasteiger partial charge on any atom is 0.409 e. The van der Waals surface area contributed by atoms with Crippen LogP contribution >= 0.6 is 0 Å². The summed E-state index contributed by atoms with van der Waals surface area (Å²) in [5, 5.41) is 3.53. The van der Waals surface area contributed by atoms with Crippen molar-refractivity contribution in [3.05, 3.63) is 0 Å². The topological polar surface area (TPSA) is 41.6 Å². The van der Waals surface area contributed by atoms with Crippen LogP contribution in [0.3, 0.4) is 0 Å². The lowest BCUT2D eigenvalue weighted by Gasteiger charge is -2.32. The Kier molecular flexibility index (Phi) is 5.60. The van der Waals surface area contributed by atoms with E-state index in [1.807, 2.05) is 6.92 Å². The number of carbonyl (C=O) groups excluding carboxylic acids is 1. The zero-order valence-electron chi connectivity index (χ0n) is 10.7. The summed E-state index contributed by atoms with van der Waals surface area (Å²) in [6.07, 6.45) is 1.90. The summed E-state index contributed by atoms with van der Waals surface area (Å²) in [6.45, 7) is 9.41. The predicted molar refractivity (Wildman–Crippen MR) is 64.5 cm³/mol. The van der Waals surface area contributed by atoms with E-state index in [2.05, 4.69) is 19.2 Å². The number of ether oxygens (including phenoxy) is 1. The molecule has 1 fully saturated rings. The highest BCUT2D eigenvalue weighted by Gasteiger charge is 2.22. The molecule has 0 radical (unpaired) electrons. The van der Waals surface area contributed by atoms with Gasteiger partial charge in [-0.2, -0.15) is 0 Å². The highest BCUT2D eigenvalue weighted by molar-refractivity contribution is 5.67. The van der Waals surface area contributed by atoms with Crippen molar-refractivity contribution >= 4 is 6.09 Å². The second-order valence-corrected chi connectivity index (χ2v) is 4.76. The third-order valence-corrected chi connectivity index (χ3v) is 2.84. The molecule has 0 atom stereocenters. The molecule has 16 heavy (non-hydrogen) atoms. The standard InChI is InChI=1S/C12H24N2O2/c1-4-16-12(15)14-7-5-11(6-8-14)13-9-10(2)3/h10-11,13H,4-9H2,1-3H3. The quantitative estimate of drug-likeness (QED) is 0.798. The van der Waals surface area contributed by atoms with Crippen LogP contribution in [0.5, 0.6) is 0 Å². The largest absolute Gasteiger partial charge is 0.450 e. The Morgan fingerprint density at radius 1 is 1.44 bits per heavy atom. The van der Waals surface area contributed by atoms with Crippen molar-refractivity contribution in [1.82, 2.24) is 10.2 Å². The summed E-state index contributed by atoms with van der Waals surface area (Å²) in [5.74, 6) is 0.683. The number of rotatable bonds is 4. The molecule has 0 aliphatic carbocycles. The Morgan fingerprint density at radius 2 is 2.06 bits per heavy atom. The molecule has 1 aliphatic rings. The summed E-state index contributed by atoms with van der Waals surface area (Å²) >= 11 is 0. The fourth-order valence-electron chi connectivity index (χ4n) is 1.88. The number of hydrogen-bond acceptors (Lipinski definition) is 3. The second kappa shape index (κ2) is 6.74. The zero-order chi connectivity index (χ0) is 12.0. The van der Waals surface area contributed by atoms with E-state index in [1.54, 1.807) is 4.90 Å². The van der Waals surface area contributed by atoms with E-state index in [0.29, 0.717) is 18.6 Å². The van der Waals surface area contributed by atoms with Crippen LogP contribution in [0.1, 0.15) is 33.6 Å². The molecule has 1 heterocycles. The minimum absolute atomic E-state index is 0.162. The molecule has 0 unspecified atom stereocenters. The van der Waals surface area contributed by atoms with Crippen molar-refractivity contribution in [3.8, 4) is 0 Å². The summed E-state index contributed by atoms with van der Waals surface area (Å²) in [7, 11) is 0. The number of nitrogens with one attached hydrogen (secondary N) is 1. The molecule has 94 valence electrons. The van der Waals surface area contributed by atoms with Crippen molar-refractivity contribution in [2.45, 2.75) is 39.7 Å². The molecule has 1 amide bonds. The lowest BCUT2D eigenvalue weighted by molar-refractivity contribution is 0.0949. The van der Waals surface area contributed by atoms with E-state index in [-0.39, 0.29) is 6.09 Å². The number of amides is 1. The van der Waals surface area contributed by atoms with E-state index >= 15 is 0 Å². The van der Waals surface area contributed by atoms with Crippen LogP contribution < -0.4 is 5.32 Å². The molecule has 0 aromatic carbocycles. The van der Waals surface area contributed by atoms with Crippen LogP contribution in [0.2, 0.25) is 0 Å². The highest BCUT2D eigenvalue weighted by Crippen LogP contribution is 2.11. The molecule has 1 saturated heterocycles. The van der Waals surface area contributed by atoms with Gasteiger partial charge in [0.2, 0.25) is 0 Å². The summed E-state index contributed by atoms with van der Waals surface area (Å²) < 4.78 is 4.98. The average molecular weight is 228 g/mol. The number of hydrogen-bond donors (Lipinski definition) is 1. The van der Waals surface area contributed by atoms with Gasteiger partial charge in [-0.3, -0.25) is 0 Å². The molecule has 1 aliphatic heterocycles. The lowest BCUT2D eigenvalue weighted by Crippen LogP contribution is -2.45. The van der Waals surface area contributed by atoms with Gasteiger partial charge in [-0.15, -0.1) is 0 Å². The van der Waals surface area contributed by atoms with Gasteiger partial charge in [0.15, 0.2) is 0 Å². The number of piperidine rings is 1. The van der Waals surface area contributed by atoms with Gasteiger partial charge in [0, 0.05) is 19.1 Å². The number of nitrogens with zero attached hydrogens (tertiary/aromatic N) is 1. The Balaban J connectivity index is 2.20. The SMILES string of the molecule is CCOC(=O)N1CCC(NCC(C)C)CC1. The van der Waals surface area contributed by atoms with Crippen molar-refractivity contribution in [2.75, 3.05) is 26.2 Å². The molecule has 1 rings (SSSR count). The van der Waals surface area contributed by atoms with E-state index in [0.717, 1.165) is 32.5 Å². The smallest absolute Gasteiger partial charge is 0.409 e. The van der Waals surface area contributed by atoms with Gasteiger partial charge in [-0.25, -0.2) is 4.79 Å². The van der Waals surface area contributed by atoms with Crippen LogP contribution in [0.25, 0.3) is 0 Å². The van der Waals surface area contributed by atoms with Gasteiger partial charge in [-0.1, -0.05) is 13.8 Å². The molecule has 4 heteroatoms. The molecular formula is C12H24N2O2. The van der Waals surface area contributed by atoms with Gasteiger partial charge in [0.1, 0.15) is 0 Å². The maximum atomic E-state index is 11.5. The Morgan fingerprint density at radius 3 is 2.56 bits per heavy atom. The Bertz CT molecular complexity index is 211. The molecule has 0 aromatic rings. The van der Waals surface area contributed by atoms with Crippen molar-refractivity contribution in [1.29, 1.82) is 0 Å². The zero-order valence-corrected chi connectivity index (χ0v) is 10.7. The first-order chi connectivity index (χ1) is 7.63. The van der Waals surface area contributed by atoms with Crippen LogP contribution in [-0.4, -0.2) is 43.3 Å². The normalized spacial score (nSPS) is 17.9. The second-order valence-electron chi connectivity index (χ2n) is 4.76. The molecule has 0 bridgehead atoms. The highest BCUT2D eigenvalue weighted by atomic mass is 16.6. The molecular weight excluding hydrogens is 204 g/mol. The average Bonchev–Trinajstić information content (AvgIpc) is 2.27. The van der Waals surface area contributed by atoms with Crippen molar-refractivity contribution < 1.29 is 9.53 Å². The van der Waals surface area contributed by atoms with Crippen LogP contribution in [-0.2, 0) is 4.74 Å². The Hall–Kier alpha value is -0.770. The third kappa shape index (κ3) is 4.39. The first kappa shape index (κ1) is 13.3. The Labute approximate surface area is 98.3 Å². The monoisotopic (exact) mass is 228 g/mol. The van der Waals surface area contributed by atoms with Crippen molar-refractivity contribution in [2.24, 2.45) is 5.92 Å². The van der Waals surface area contributed by atoms with Crippen LogP contribution in [0.15, 0.2) is 0 Å². The minimum Gasteiger partial charge on any atom is -0.450 e. The fraction of sp³-hybridized carbons (Fsp3) is 0.917. The number of carbonyl (C=O) groups is 1. The van der Waals surface area contributed by atoms with Gasteiger partial charge in [0.05, 0.1) is 6.61 Å². The molecule has 1 N–H and O–H groups in total. The summed E-state index contributed by atoms with van der Waals surface area (Å²) in [5.41, 5.74) is 0. The summed E-state index contributed by atoms with van der Waals surface area (Å²) in [4.78, 5) is 13.3. The first-order valence-electron chi connectivity index (χ1n) is 6.28. The van der Waals surface area contributed by atoms with E-state index in [9.17, 15) is 4.79 Å². The molecule has 0 aromatic heterocycles. The molecule has 0 saturated carbocycles.